The monoisotopic (exact) mass is 266 g/mol. The molecule has 110 valence electrons. The summed E-state index contributed by atoms with van der Waals surface area (Å²) in [5.74, 6) is 0.138. The van der Waals surface area contributed by atoms with Gasteiger partial charge in [0.2, 0.25) is 5.91 Å². The molecule has 0 aromatic rings. The van der Waals surface area contributed by atoms with Crippen LogP contribution in [0.25, 0.3) is 0 Å². The van der Waals surface area contributed by atoms with Gasteiger partial charge in [0, 0.05) is 26.6 Å². The molecule has 0 radical (unpaired) electrons. The minimum atomic E-state index is 0.138. The molecule has 0 rings (SSSR count). The predicted octanol–water partition coefficient (Wildman–Crippen LogP) is 3.14. The first-order valence-corrected chi connectivity index (χ1v) is 7.39. The van der Waals surface area contributed by atoms with Crippen LogP contribution in [0.4, 0.5) is 0 Å². The number of nitrogens with zero attached hydrogens (tertiary/aromatic N) is 1. The highest BCUT2D eigenvalue weighted by Crippen LogP contribution is 2.02. The number of amides is 1. The SMILES string of the molecule is C/C=C\C(=C/C)CN(CCNCCCCC)C(C)=O. The van der Waals surface area contributed by atoms with Gasteiger partial charge in [0.15, 0.2) is 0 Å². The van der Waals surface area contributed by atoms with Crippen LogP contribution < -0.4 is 5.32 Å². The summed E-state index contributed by atoms with van der Waals surface area (Å²) in [6, 6.07) is 0. The van der Waals surface area contributed by atoms with Gasteiger partial charge in [0.05, 0.1) is 0 Å². The van der Waals surface area contributed by atoms with Crippen molar-refractivity contribution in [2.24, 2.45) is 0 Å². The number of allylic oxidation sites excluding steroid dienone is 2. The van der Waals surface area contributed by atoms with Gasteiger partial charge in [-0.05, 0) is 32.4 Å². The summed E-state index contributed by atoms with van der Waals surface area (Å²) in [4.78, 5) is 13.5. The average Bonchev–Trinajstić information content (AvgIpc) is 2.39. The number of carbonyl (C=O) groups is 1. The van der Waals surface area contributed by atoms with Crippen LogP contribution in [0.1, 0.15) is 47.0 Å². The van der Waals surface area contributed by atoms with Crippen molar-refractivity contribution in [3.63, 3.8) is 0 Å². The fraction of sp³-hybridized carbons (Fsp3) is 0.688. The Kier molecular flexibility index (Phi) is 11.3. The van der Waals surface area contributed by atoms with E-state index < -0.39 is 0 Å². The van der Waals surface area contributed by atoms with Gasteiger partial charge >= 0.3 is 0 Å². The van der Waals surface area contributed by atoms with Gasteiger partial charge in [-0.25, -0.2) is 0 Å². The molecule has 0 aliphatic heterocycles. The third-order valence-corrected chi connectivity index (χ3v) is 3.09. The topological polar surface area (TPSA) is 32.3 Å². The standard InChI is InChI=1S/C16H30N2O/c1-5-8-9-11-17-12-13-18(15(4)19)14-16(7-3)10-6-2/h6-7,10,17H,5,8-9,11-14H2,1-4H3/b10-6-,16-7+. The van der Waals surface area contributed by atoms with Crippen LogP contribution in [-0.2, 0) is 4.79 Å². The van der Waals surface area contributed by atoms with Crippen LogP contribution >= 0.6 is 0 Å². The van der Waals surface area contributed by atoms with Crippen molar-refractivity contribution >= 4 is 5.91 Å². The molecule has 0 unspecified atom stereocenters. The van der Waals surface area contributed by atoms with Gasteiger partial charge in [-0.1, -0.05) is 38.0 Å². The number of nitrogens with one attached hydrogen (secondary N) is 1. The summed E-state index contributed by atoms with van der Waals surface area (Å²) in [7, 11) is 0. The molecule has 19 heavy (non-hydrogen) atoms. The molecule has 3 nitrogen and oxygen atoms in total. The highest BCUT2D eigenvalue weighted by Gasteiger charge is 2.08. The van der Waals surface area contributed by atoms with Crippen molar-refractivity contribution in [1.82, 2.24) is 10.2 Å². The first kappa shape index (κ1) is 17.9. The van der Waals surface area contributed by atoms with Gasteiger partial charge < -0.3 is 10.2 Å². The van der Waals surface area contributed by atoms with Crippen LogP contribution in [0.2, 0.25) is 0 Å². The second kappa shape index (κ2) is 12.0. The molecule has 0 fully saturated rings. The van der Waals surface area contributed by atoms with Crippen molar-refractivity contribution in [2.75, 3.05) is 26.2 Å². The van der Waals surface area contributed by atoms with Crippen molar-refractivity contribution in [2.45, 2.75) is 47.0 Å². The molecule has 0 aliphatic carbocycles. The van der Waals surface area contributed by atoms with E-state index in [1.807, 2.05) is 24.8 Å². The molecule has 0 saturated heterocycles. The highest BCUT2D eigenvalue weighted by atomic mass is 16.2. The largest absolute Gasteiger partial charge is 0.337 e. The molecular weight excluding hydrogens is 236 g/mol. The molecule has 0 aromatic heterocycles. The molecule has 0 bridgehead atoms. The van der Waals surface area contributed by atoms with Crippen LogP contribution in [0, 0.1) is 0 Å². The van der Waals surface area contributed by atoms with Crippen molar-refractivity contribution in [3.8, 4) is 0 Å². The number of hydrogen-bond donors (Lipinski definition) is 1. The van der Waals surface area contributed by atoms with Crippen molar-refractivity contribution in [3.05, 3.63) is 23.8 Å². The van der Waals surface area contributed by atoms with Crippen LogP contribution in [0.5, 0.6) is 0 Å². The normalized spacial score (nSPS) is 12.1. The van der Waals surface area contributed by atoms with E-state index in [1.54, 1.807) is 6.92 Å². The molecule has 1 amide bonds. The second-order valence-electron chi connectivity index (χ2n) is 4.76. The molecule has 1 N–H and O–H groups in total. The highest BCUT2D eigenvalue weighted by molar-refractivity contribution is 5.73. The maximum absolute atomic E-state index is 11.6. The smallest absolute Gasteiger partial charge is 0.219 e. The van der Waals surface area contributed by atoms with E-state index in [9.17, 15) is 4.79 Å². The Bertz CT molecular complexity index is 295. The zero-order valence-electron chi connectivity index (χ0n) is 13.0. The van der Waals surface area contributed by atoms with Gasteiger partial charge in [-0.2, -0.15) is 0 Å². The lowest BCUT2D eigenvalue weighted by atomic mass is 10.2. The molecule has 3 heteroatoms. The molecule has 0 aliphatic rings. The summed E-state index contributed by atoms with van der Waals surface area (Å²) in [6.07, 6.45) is 9.86. The summed E-state index contributed by atoms with van der Waals surface area (Å²) in [6.45, 7) is 11.2. The summed E-state index contributed by atoms with van der Waals surface area (Å²) in [5, 5.41) is 3.40. The van der Waals surface area contributed by atoms with E-state index in [4.69, 9.17) is 0 Å². The van der Waals surface area contributed by atoms with E-state index in [-0.39, 0.29) is 5.91 Å². The summed E-state index contributed by atoms with van der Waals surface area (Å²) >= 11 is 0. The van der Waals surface area contributed by atoms with E-state index in [1.165, 1.54) is 24.8 Å². The Morgan fingerprint density at radius 2 is 1.95 bits per heavy atom. The minimum Gasteiger partial charge on any atom is -0.337 e. The molecule has 0 aromatic carbocycles. The third kappa shape index (κ3) is 9.48. The van der Waals surface area contributed by atoms with E-state index in [0.29, 0.717) is 6.54 Å². The maximum Gasteiger partial charge on any atom is 0.219 e. The molecule has 0 heterocycles. The first-order valence-electron chi connectivity index (χ1n) is 7.39. The third-order valence-electron chi connectivity index (χ3n) is 3.09. The van der Waals surface area contributed by atoms with E-state index >= 15 is 0 Å². The van der Waals surface area contributed by atoms with Gasteiger partial charge in [0.1, 0.15) is 0 Å². The number of hydrogen-bond acceptors (Lipinski definition) is 2. The number of rotatable bonds is 10. The molecule has 0 spiro atoms. The van der Waals surface area contributed by atoms with E-state index in [0.717, 1.165) is 19.6 Å². The Hall–Kier alpha value is -1.09. The quantitative estimate of drug-likeness (QED) is 0.487. The zero-order chi connectivity index (χ0) is 14.5. The van der Waals surface area contributed by atoms with Gasteiger partial charge in [-0.15, -0.1) is 0 Å². The first-order chi connectivity index (χ1) is 9.15. The fourth-order valence-corrected chi connectivity index (χ4v) is 1.86. The van der Waals surface area contributed by atoms with Crippen LogP contribution in [-0.4, -0.2) is 37.0 Å². The Labute approximate surface area is 118 Å². The van der Waals surface area contributed by atoms with Crippen molar-refractivity contribution in [1.29, 1.82) is 0 Å². The lowest BCUT2D eigenvalue weighted by Gasteiger charge is -2.22. The minimum absolute atomic E-state index is 0.138. The van der Waals surface area contributed by atoms with Gasteiger partial charge in [-0.3, -0.25) is 4.79 Å². The van der Waals surface area contributed by atoms with E-state index in [2.05, 4.69) is 24.4 Å². The van der Waals surface area contributed by atoms with Crippen LogP contribution in [0.3, 0.4) is 0 Å². The second-order valence-corrected chi connectivity index (χ2v) is 4.76. The number of carbonyl (C=O) groups excluding carboxylic acids is 1. The van der Waals surface area contributed by atoms with Crippen molar-refractivity contribution < 1.29 is 4.79 Å². The Morgan fingerprint density at radius 3 is 2.47 bits per heavy atom. The molecular formula is C16H30N2O. The molecule has 0 saturated carbocycles. The number of unbranched alkanes of at least 4 members (excludes halogenated alkanes) is 2. The van der Waals surface area contributed by atoms with Crippen LogP contribution in [0.15, 0.2) is 23.8 Å². The Morgan fingerprint density at radius 1 is 1.21 bits per heavy atom. The Balaban J connectivity index is 4.03. The fourth-order valence-electron chi connectivity index (χ4n) is 1.86. The zero-order valence-corrected chi connectivity index (χ0v) is 13.0. The predicted molar refractivity (Wildman–Crippen MR) is 83.2 cm³/mol. The maximum atomic E-state index is 11.6. The lowest BCUT2D eigenvalue weighted by molar-refractivity contribution is -0.128. The summed E-state index contributed by atoms with van der Waals surface area (Å²) < 4.78 is 0. The lowest BCUT2D eigenvalue weighted by Crippen LogP contribution is -2.36. The molecule has 0 atom stereocenters. The average molecular weight is 266 g/mol. The summed E-state index contributed by atoms with van der Waals surface area (Å²) in [5.41, 5.74) is 1.18. The van der Waals surface area contributed by atoms with Gasteiger partial charge in [0.25, 0.3) is 0 Å².